The quantitative estimate of drug-likeness (QED) is 0.734. The van der Waals surface area contributed by atoms with E-state index in [0.29, 0.717) is 5.82 Å². The molecule has 78 valence electrons. The molecule has 2 N–H and O–H groups in total. The zero-order valence-corrected chi connectivity index (χ0v) is 8.61. The van der Waals surface area contributed by atoms with Gasteiger partial charge in [-0.1, -0.05) is 5.92 Å². The van der Waals surface area contributed by atoms with E-state index in [-0.39, 0.29) is 5.56 Å². The standard InChI is InChI=1S/C11H12N2O2/c1-4-11(2,3)13-9-6-5-8(7-12-9)10(14)15/h1,5-7H,2-3H3,(H,12,13)(H,14,15). The van der Waals surface area contributed by atoms with Crippen LogP contribution in [-0.4, -0.2) is 21.6 Å². The highest BCUT2D eigenvalue weighted by Gasteiger charge is 2.13. The molecular formula is C11H12N2O2. The minimum atomic E-state index is -0.995. The summed E-state index contributed by atoms with van der Waals surface area (Å²) in [6.07, 6.45) is 6.59. The molecule has 1 aromatic heterocycles. The second kappa shape index (κ2) is 4.01. The molecular weight excluding hydrogens is 192 g/mol. The first-order valence-corrected chi connectivity index (χ1v) is 4.40. The van der Waals surface area contributed by atoms with E-state index in [1.54, 1.807) is 6.07 Å². The average molecular weight is 204 g/mol. The number of carboxylic acids is 1. The third kappa shape index (κ3) is 2.99. The molecule has 0 spiro atoms. The maximum atomic E-state index is 10.6. The van der Waals surface area contributed by atoms with Crippen molar-refractivity contribution in [2.45, 2.75) is 19.4 Å². The van der Waals surface area contributed by atoms with E-state index in [9.17, 15) is 4.79 Å². The van der Waals surface area contributed by atoms with Gasteiger partial charge in [-0.25, -0.2) is 9.78 Å². The Bertz CT molecular complexity index is 402. The first-order valence-electron chi connectivity index (χ1n) is 4.40. The number of aromatic nitrogens is 1. The highest BCUT2D eigenvalue weighted by Crippen LogP contribution is 2.12. The van der Waals surface area contributed by atoms with Crippen molar-refractivity contribution in [3.63, 3.8) is 0 Å². The summed E-state index contributed by atoms with van der Waals surface area (Å²) < 4.78 is 0. The molecule has 0 atom stereocenters. The lowest BCUT2D eigenvalue weighted by Crippen LogP contribution is -2.28. The summed E-state index contributed by atoms with van der Waals surface area (Å²) in [5.41, 5.74) is -0.350. The predicted molar refractivity (Wildman–Crippen MR) is 57.7 cm³/mol. The van der Waals surface area contributed by atoms with Crippen LogP contribution >= 0.6 is 0 Å². The van der Waals surface area contributed by atoms with Crippen LogP contribution in [0.1, 0.15) is 24.2 Å². The molecule has 0 fully saturated rings. The van der Waals surface area contributed by atoms with E-state index in [0.717, 1.165) is 0 Å². The topological polar surface area (TPSA) is 62.2 Å². The van der Waals surface area contributed by atoms with Crippen molar-refractivity contribution in [2.24, 2.45) is 0 Å². The fourth-order valence-corrected chi connectivity index (χ4v) is 0.951. The number of rotatable bonds is 3. The van der Waals surface area contributed by atoms with Crippen LogP contribution in [0.2, 0.25) is 0 Å². The summed E-state index contributed by atoms with van der Waals surface area (Å²) >= 11 is 0. The zero-order chi connectivity index (χ0) is 11.5. The Kier molecular flexibility index (Phi) is 2.96. The van der Waals surface area contributed by atoms with E-state index in [1.165, 1.54) is 12.3 Å². The fraction of sp³-hybridized carbons (Fsp3) is 0.273. The van der Waals surface area contributed by atoms with Crippen LogP contribution in [0.25, 0.3) is 0 Å². The third-order valence-corrected chi connectivity index (χ3v) is 1.81. The Morgan fingerprint density at radius 1 is 1.60 bits per heavy atom. The summed E-state index contributed by atoms with van der Waals surface area (Å²) in [6, 6.07) is 3.06. The molecule has 4 heteroatoms. The molecule has 0 aromatic carbocycles. The first-order chi connectivity index (χ1) is 6.94. The minimum Gasteiger partial charge on any atom is -0.478 e. The third-order valence-electron chi connectivity index (χ3n) is 1.81. The Morgan fingerprint density at radius 3 is 2.67 bits per heavy atom. The van der Waals surface area contributed by atoms with Crippen LogP contribution in [0.15, 0.2) is 18.3 Å². The number of hydrogen-bond acceptors (Lipinski definition) is 3. The number of pyridine rings is 1. The molecule has 0 unspecified atom stereocenters. The van der Waals surface area contributed by atoms with Crippen LogP contribution in [0.5, 0.6) is 0 Å². The number of anilines is 1. The summed E-state index contributed by atoms with van der Waals surface area (Å²) in [6.45, 7) is 3.67. The van der Waals surface area contributed by atoms with Crippen LogP contribution in [-0.2, 0) is 0 Å². The lowest BCUT2D eigenvalue weighted by Gasteiger charge is -2.20. The number of nitrogens with one attached hydrogen (secondary N) is 1. The van der Waals surface area contributed by atoms with Crippen LogP contribution in [0, 0.1) is 12.3 Å². The Hall–Kier alpha value is -2.02. The number of aromatic carboxylic acids is 1. The smallest absolute Gasteiger partial charge is 0.337 e. The van der Waals surface area contributed by atoms with Gasteiger partial charge in [0.2, 0.25) is 0 Å². The number of terminal acetylenes is 1. The van der Waals surface area contributed by atoms with Crippen molar-refractivity contribution in [1.82, 2.24) is 4.98 Å². The molecule has 0 saturated heterocycles. The van der Waals surface area contributed by atoms with Gasteiger partial charge in [0.15, 0.2) is 0 Å². The molecule has 0 amide bonds. The first kappa shape index (κ1) is 11.1. The van der Waals surface area contributed by atoms with Gasteiger partial charge in [-0.05, 0) is 26.0 Å². The normalized spacial score (nSPS) is 10.5. The van der Waals surface area contributed by atoms with E-state index in [1.807, 2.05) is 13.8 Å². The van der Waals surface area contributed by atoms with Crippen molar-refractivity contribution in [3.05, 3.63) is 23.9 Å². The van der Waals surface area contributed by atoms with E-state index < -0.39 is 11.5 Å². The zero-order valence-electron chi connectivity index (χ0n) is 8.61. The number of nitrogens with zero attached hydrogens (tertiary/aromatic N) is 1. The Morgan fingerprint density at radius 2 is 2.27 bits per heavy atom. The van der Waals surface area contributed by atoms with E-state index >= 15 is 0 Å². The summed E-state index contributed by atoms with van der Waals surface area (Å²) in [4.78, 5) is 14.5. The molecule has 0 aliphatic carbocycles. The number of carbonyl (C=O) groups is 1. The molecule has 0 radical (unpaired) electrons. The van der Waals surface area contributed by atoms with Crippen molar-refractivity contribution in [2.75, 3.05) is 5.32 Å². The number of carboxylic acid groups (broad SMARTS) is 1. The lowest BCUT2D eigenvalue weighted by atomic mass is 10.1. The van der Waals surface area contributed by atoms with Gasteiger partial charge in [0.05, 0.1) is 11.1 Å². The molecule has 1 aromatic rings. The van der Waals surface area contributed by atoms with Crippen molar-refractivity contribution in [3.8, 4) is 12.3 Å². The lowest BCUT2D eigenvalue weighted by molar-refractivity contribution is 0.0696. The molecule has 0 bridgehead atoms. The summed E-state index contributed by atoms with van der Waals surface area (Å²) in [7, 11) is 0. The van der Waals surface area contributed by atoms with Crippen molar-refractivity contribution >= 4 is 11.8 Å². The Balaban J connectivity index is 2.83. The van der Waals surface area contributed by atoms with Gasteiger partial charge in [-0.3, -0.25) is 0 Å². The van der Waals surface area contributed by atoms with Gasteiger partial charge in [0.25, 0.3) is 0 Å². The van der Waals surface area contributed by atoms with Gasteiger partial charge in [0, 0.05) is 6.20 Å². The van der Waals surface area contributed by atoms with E-state index in [2.05, 4.69) is 16.2 Å². The fourth-order valence-electron chi connectivity index (χ4n) is 0.951. The second-order valence-corrected chi connectivity index (χ2v) is 3.63. The van der Waals surface area contributed by atoms with Gasteiger partial charge < -0.3 is 10.4 Å². The minimum absolute atomic E-state index is 0.152. The molecule has 0 aliphatic rings. The van der Waals surface area contributed by atoms with Crippen LogP contribution in [0.4, 0.5) is 5.82 Å². The maximum Gasteiger partial charge on any atom is 0.337 e. The SMILES string of the molecule is C#CC(C)(C)Nc1ccc(C(=O)O)cn1. The average Bonchev–Trinajstić information content (AvgIpc) is 2.18. The van der Waals surface area contributed by atoms with Crippen LogP contribution < -0.4 is 5.32 Å². The Labute approximate surface area is 88.3 Å². The largest absolute Gasteiger partial charge is 0.478 e. The van der Waals surface area contributed by atoms with Gasteiger partial charge in [-0.2, -0.15) is 0 Å². The molecule has 1 heterocycles. The monoisotopic (exact) mass is 204 g/mol. The predicted octanol–water partition coefficient (Wildman–Crippen LogP) is 1.60. The molecule has 1 rings (SSSR count). The molecule has 4 nitrogen and oxygen atoms in total. The van der Waals surface area contributed by atoms with Crippen LogP contribution in [0.3, 0.4) is 0 Å². The molecule has 15 heavy (non-hydrogen) atoms. The van der Waals surface area contributed by atoms with Gasteiger partial charge in [-0.15, -0.1) is 6.42 Å². The summed E-state index contributed by atoms with van der Waals surface area (Å²) in [5.74, 6) is 2.12. The van der Waals surface area contributed by atoms with E-state index in [4.69, 9.17) is 11.5 Å². The molecule has 0 aliphatic heterocycles. The number of hydrogen-bond donors (Lipinski definition) is 2. The van der Waals surface area contributed by atoms with Crippen molar-refractivity contribution < 1.29 is 9.90 Å². The van der Waals surface area contributed by atoms with Gasteiger partial charge in [0.1, 0.15) is 5.82 Å². The van der Waals surface area contributed by atoms with Crippen molar-refractivity contribution in [1.29, 1.82) is 0 Å². The summed E-state index contributed by atoms with van der Waals surface area (Å²) in [5, 5.41) is 11.7. The highest BCUT2D eigenvalue weighted by molar-refractivity contribution is 5.87. The second-order valence-electron chi connectivity index (χ2n) is 3.63. The highest BCUT2D eigenvalue weighted by atomic mass is 16.4. The maximum absolute atomic E-state index is 10.6. The molecule has 0 saturated carbocycles. The van der Waals surface area contributed by atoms with Gasteiger partial charge >= 0.3 is 5.97 Å².